The molecule has 0 bridgehead atoms. The lowest BCUT2D eigenvalue weighted by Crippen LogP contribution is -2.33. The molecule has 16 heavy (non-hydrogen) atoms. The smallest absolute Gasteiger partial charge is 0.0300 e. The highest BCUT2D eigenvalue weighted by Gasteiger charge is 2.03. The Labute approximate surface area is 103 Å². The van der Waals surface area contributed by atoms with E-state index in [1.807, 2.05) is 11.3 Å². The number of nitrogens with one attached hydrogen (secondary N) is 1. The molecule has 0 saturated carbocycles. The molecule has 3 N–H and O–H groups in total. The summed E-state index contributed by atoms with van der Waals surface area (Å²) in [5.41, 5.74) is 7.40. The molecule has 2 nitrogen and oxygen atoms in total. The summed E-state index contributed by atoms with van der Waals surface area (Å²) >= 11 is 1.88. The summed E-state index contributed by atoms with van der Waals surface area (Å²) in [6, 6.07) is 2.58. The van der Waals surface area contributed by atoms with Gasteiger partial charge in [-0.25, -0.2) is 0 Å². The first kappa shape index (κ1) is 13.7. The van der Waals surface area contributed by atoms with E-state index in [2.05, 4.69) is 32.2 Å². The molecule has 0 saturated heterocycles. The highest BCUT2D eigenvalue weighted by Crippen LogP contribution is 2.20. The summed E-state index contributed by atoms with van der Waals surface area (Å²) in [6.07, 6.45) is 3.60. The van der Waals surface area contributed by atoms with Gasteiger partial charge in [0, 0.05) is 28.9 Å². The van der Waals surface area contributed by atoms with Crippen LogP contribution in [0.3, 0.4) is 0 Å². The van der Waals surface area contributed by atoms with Crippen LogP contribution in [0.25, 0.3) is 0 Å². The summed E-state index contributed by atoms with van der Waals surface area (Å²) in [6.45, 7) is 8.44. The predicted octanol–water partition coefficient (Wildman–Crippen LogP) is 2.97. The van der Waals surface area contributed by atoms with Crippen molar-refractivity contribution in [1.29, 1.82) is 0 Å². The van der Waals surface area contributed by atoms with E-state index in [1.165, 1.54) is 28.2 Å². The van der Waals surface area contributed by atoms with Crippen LogP contribution < -0.4 is 11.1 Å². The van der Waals surface area contributed by atoms with Crippen molar-refractivity contribution < 1.29 is 0 Å². The molecule has 0 aliphatic rings. The zero-order chi connectivity index (χ0) is 12.0. The van der Waals surface area contributed by atoms with Crippen molar-refractivity contribution in [3.05, 3.63) is 21.4 Å². The largest absolute Gasteiger partial charge is 0.327 e. The molecule has 0 spiro atoms. The molecule has 1 rings (SSSR count). The molecule has 0 fully saturated rings. The van der Waals surface area contributed by atoms with E-state index in [4.69, 9.17) is 5.73 Å². The predicted molar refractivity (Wildman–Crippen MR) is 73.0 cm³/mol. The van der Waals surface area contributed by atoms with Gasteiger partial charge in [0.15, 0.2) is 0 Å². The average molecular weight is 240 g/mol. The van der Waals surface area contributed by atoms with Crippen LogP contribution in [0.1, 0.15) is 41.5 Å². The van der Waals surface area contributed by atoms with Crippen LogP contribution in [-0.4, -0.2) is 12.6 Å². The van der Waals surface area contributed by atoms with Gasteiger partial charge in [0.1, 0.15) is 0 Å². The van der Waals surface area contributed by atoms with E-state index in [-0.39, 0.29) is 0 Å². The highest BCUT2D eigenvalue weighted by atomic mass is 32.1. The van der Waals surface area contributed by atoms with Crippen LogP contribution >= 0.6 is 11.3 Å². The van der Waals surface area contributed by atoms with E-state index in [9.17, 15) is 0 Å². The second-order valence-electron chi connectivity index (χ2n) is 4.49. The van der Waals surface area contributed by atoms with E-state index in [1.54, 1.807) is 0 Å². The summed E-state index contributed by atoms with van der Waals surface area (Å²) in [5, 5.41) is 3.44. The Bertz CT molecular complexity index is 287. The molecular formula is C13H24N2S. The van der Waals surface area contributed by atoms with Crippen LogP contribution in [0.4, 0.5) is 0 Å². The Morgan fingerprint density at radius 3 is 2.75 bits per heavy atom. The molecular weight excluding hydrogens is 216 g/mol. The Morgan fingerprint density at radius 2 is 2.19 bits per heavy atom. The molecule has 0 aliphatic carbocycles. The molecule has 1 aromatic rings. The number of hydrogen-bond donors (Lipinski definition) is 2. The summed E-state index contributed by atoms with van der Waals surface area (Å²) in [7, 11) is 0. The van der Waals surface area contributed by atoms with Crippen molar-refractivity contribution >= 4 is 11.3 Å². The molecule has 3 heteroatoms. The minimum absolute atomic E-state index is 0.308. The van der Waals surface area contributed by atoms with Crippen LogP contribution in [0.5, 0.6) is 0 Å². The fourth-order valence-electron chi connectivity index (χ4n) is 1.69. The number of unbranched alkanes of at least 4 members (excludes halogenated alkanes) is 1. The number of thiophene rings is 1. The average Bonchev–Trinajstić information content (AvgIpc) is 2.55. The van der Waals surface area contributed by atoms with Crippen molar-refractivity contribution in [3.63, 3.8) is 0 Å². The van der Waals surface area contributed by atoms with Crippen LogP contribution in [0.15, 0.2) is 6.07 Å². The van der Waals surface area contributed by atoms with Crippen molar-refractivity contribution in [2.75, 3.05) is 6.54 Å². The minimum Gasteiger partial charge on any atom is -0.327 e. The van der Waals surface area contributed by atoms with Crippen LogP contribution in [0.2, 0.25) is 0 Å². The van der Waals surface area contributed by atoms with Crippen molar-refractivity contribution in [3.8, 4) is 0 Å². The second-order valence-corrected chi connectivity index (χ2v) is 5.83. The normalized spacial score (nSPS) is 13.0. The van der Waals surface area contributed by atoms with Gasteiger partial charge in [-0.2, -0.15) is 0 Å². The Kier molecular flexibility index (Phi) is 6.03. The van der Waals surface area contributed by atoms with Gasteiger partial charge in [-0.1, -0.05) is 19.8 Å². The molecule has 0 aromatic carbocycles. The van der Waals surface area contributed by atoms with Gasteiger partial charge >= 0.3 is 0 Å². The summed E-state index contributed by atoms with van der Waals surface area (Å²) in [4.78, 5) is 2.84. The second kappa shape index (κ2) is 7.05. The van der Waals surface area contributed by atoms with E-state index in [0.717, 1.165) is 19.5 Å². The van der Waals surface area contributed by atoms with Crippen LogP contribution in [0, 0.1) is 13.8 Å². The zero-order valence-corrected chi connectivity index (χ0v) is 11.5. The molecule has 0 amide bonds. The van der Waals surface area contributed by atoms with Crippen molar-refractivity contribution in [2.45, 2.75) is 52.6 Å². The van der Waals surface area contributed by atoms with Gasteiger partial charge in [-0.05, 0) is 31.9 Å². The van der Waals surface area contributed by atoms with E-state index >= 15 is 0 Å². The molecule has 1 atom stereocenters. The monoisotopic (exact) mass is 240 g/mol. The fraction of sp³-hybridized carbons (Fsp3) is 0.692. The first-order chi connectivity index (χ1) is 7.63. The van der Waals surface area contributed by atoms with E-state index < -0.39 is 0 Å². The fourth-order valence-corrected chi connectivity index (χ4v) is 2.71. The molecule has 1 aromatic heterocycles. The summed E-state index contributed by atoms with van der Waals surface area (Å²) < 4.78 is 0. The maximum Gasteiger partial charge on any atom is 0.0300 e. The van der Waals surface area contributed by atoms with Crippen molar-refractivity contribution in [1.82, 2.24) is 5.32 Å². The number of rotatable bonds is 7. The first-order valence-electron chi connectivity index (χ1n) is 6.15. The topological polar surface area (TPSA) is 38.0 Å². The Morgan fingerprint density at radius 1 is 1.44 bits per heavy atom. The third-order valence-corrected chi connectivity index (χ3v) is 4.00. The maximum absolute atomic E-state index is 6.00. The maximum atomic E-state index is 6.00. The molecule has 1 heterocycles. The van der Waals surface area contributed by atoms with Gasteiger partial charge in [0.05, 0.1) is 0 Å². The molecule has 92 valence electrons. The number of hydrogen-bond acceptors (Lipinski definition) is 3. The third kappa shape index (κ3) is 4.64. The standard InChI is InChI=1S/C13H24N2S/c1-4-5-6-12(14)8-15-9-13-7-10(2)11(3)16-13/h7,12,15H,4-6,8-9,14H2,1-3H3. The molecule has 1 unspecified atom stereocenters. The number of aryl methyl sites for hydroxylation is 2. The molecule has 0 radical (unpaired) electrons. The van der Waals surface area contributed by atoms with Crippen molar-refractivity contribution in [2.24, 2.45) is 5.73 Å². The Balaban J connectivity index is 2.20. The Hall–Kier alpha value is -0.380. The third-order valence-electron chi connectivity index (χ3n) is 2.85. The quantitative estimate of drug-likeness (QED) is 0.769. The van der Waals surface area contributed by atoms with Gasteiger partial charge < -0.3 is 11.1 Å². The lowest BCUT2D eigenvalue weighted by molar-refractivity contribution is 0.526. The van der Waals surface area contributed by atoms with Crippen LogP contribution in [-0.2, 0) is 6.54 Å². The summed E-state index contributed by atoms with van der Waals surface area (Å²) in [5.74, 6) is 0. The van der Waals surface area contributed by atoms with Gasteiger partial charge in [-0.3, -0.25) is 0 Å². The van der Waals surface area contributed by atoms with Gasteiger partial charge in [0.25, 0.3) is 0 Å². The van der Waals surface area contributed by atoms with Gasteiger partial charge in [-0.15, -0.1) is 11.3 Å². The first-order valence-corrected chi connectivity index (χ1v) is 6.97. The number of nitrogens with two attached hydrogens (primary N) is 1. The zero-order valence-electron chi connectivity index (χ0n) is 10.7. The van der Waals surface area contributed by atoms with Gasteiger partial charge in [0.2, 0.25) is 0 Å². The lowest BCUT2D eigenvalue weighted by atomic mass is 10.1. The lowest BCUT2D eigenvalue weighted by Gasteiger charge is -2.11. The van der Waals surface area contributed by atoms with E-state index in [0.29, 0.717) is 6.04 Å². The SMILES string of the molecule is CCCCC(N)CNCc1cc(C)c(C)s1. The molecule has 0 aliphatic heterocycles. The minimum atomic E-state index is 0.308. The highest BCUT2D eigenvalue weighted by molar-refractivity contribution is 7.12.